The maximum atomic E-state index is 13.7. The third kappa shape index (κ3) is 4.03. The molecule has 19 heavy (non-hydrogen) atoms. The van der Waals surface area contributed by atoms with Crippen LogP contribution in [0.4, 0.5) is 4.39 Å². The Bertz CT molecular complexity index is 513. The minimum atomic E-state index is -0.249. The molecule has 1 aromatic carbocycles. The summed E-state index contributed by atoms with van der Waals surface area (Å²) in [5, 5.41) is 5.93. The number of nitrogens with one attached hydrogen (secondary N) is 1. The van der Waals surface area contributed by atoms with Crippen LogP contribution in [-0.2, 0) is 6.54 Å². The van der Waals surface area contributed by atoms with Crippen LogP contribution in [0.2, 0.25) is 5.02 Å². The molecule has 0 spiro atoms. The lowest BCUT2D eigenvalue weighted by Crippen LogP contribution is -2.20. The van der Waals surface area contributed by atoms with E-state index in [1.54, 1.807) is 23.5 Å². The van der Waals surface area contributed by atoms with Crippen molar-refractivity contribution >= 4 is 22.9 Å². The van der Waals surface area contributed by atoms with Crippen molar-refractivity contribution in [1.82, 2.24) is 5.32 Å². The average molecular weight is 298 g/mol. The fraction of sp³-hybridized carbons (Fsp3) is 0.333. The molecule has 0 fully saturated rings. The lowest BCUT2D eigenvalue weighted by atomic mass is 10.1. The minimum absolute atomic E-state index is 0.249. The van der Waals surface area contributed by atoms with Crippen LogP contribution in [0.3, 0.4) is 0 Å². The summed E-state index contributed by atoms with van der Waals surface area (Å²) < 4.78 is 13.7. The largest absolute Gasteiger partial charge is 0.305 e. The first-order chi connectivity index (χ1) is 9.20. The van der Waals surface area contributed by atoms with Crippen LogP contribution in [-0.4, -0.2) is 0 Å². The Hall–Kier alpha value is -0.900. The Morgan fingerprint density at radius 2 is 2.21 bits per heavy atom. The van der Waals surface area contributed by atoms with Crippen LogP contribution in [0, 0.1) is 5.82 Å². The molecule has 0 aliphatic heterocycles. The molecule has 1 heterocycles. The summed E-state index contributed by atoms with van der Waals surface area (Å²) in [5.74, 6) is -0.249. The molecule has 0 saturated heterocycles. The van der Waals surface area contributed by atoms with Gasteiger partial charge < -0.3 is 5.32 Å². The highest BCUT2D eigenvalue weighted by atomic mass is 35.5. The van der Waals surface area contributed by atoms with Crippen LogP contribution < -0.4 is 5.32 Å². The smallest absolute Gasteiger partial charge is 0.129 e. The van der Waals surface area contributed by atoms with Gasteiger partial charge in [-0.2, -0.15) is 0 Å². The van der Waals surface area contributed by atoms with Gasteiger partial charge in [0, 0.05) is 28.0 Å². The molecule has 1 N–H and O–H groups in total. The van der Waals surface area contributed by atoms with Gasteiger partial charge in [0.05, 0.1) is 0 Å². The third-order valence-electron chi connectivity index (χ3n) is 3.02. The zero-order chi connectivity index (χ0) is 13.7. The Morgan fingerprint density at radius 3 is 2.84 bits per heavy atom. The Kier molecular flexibility index (Phi) is 5.37. The van der Waals surface area contributed by atoms with Crippen LogP contribution >= 0.6 is 22.9 Å². The number of hydrogen-bond donors (Lipinski definition) is 1. The van der Waals surface area contributed by atoms with Crippen LogP contribution in [0.5, 0.6) is 0 Å². The molecular formula is C15H17ClFNS. The normalized spacial score (nSPS) is 12.6. The number of halogens is 2. The summed E-state index contributed by atoms with van der Waals surface area (Å²) in [4.78, 5) is 1.30. The predicted molar refractivity (Wildman–Crippen MR) is 80.2 cm³/mol. The van der Waals surface area contributed by atoms with E-state index in [2.05, 4.69) is 23.7 Å². The molecule has 2 rings (SSSR count). The van der Waals surface area contributed by atoms with Gasteiger partial charge in [0.1, 0.15) is 5.82 Å². The van der Waals surface area contributed by atoms with Gasteiger partial charge in [-0.15, -0.1) is 11.3 Å². The topological polar surface area (TPSA) is 12.0 Å². The Balaban J connectivity index is 2.02. The van der Waals surface area contributed by atoms with Crippen molar-refractivity contribution in [3.8, 4) is 0 Å². The van der Waals surface area contributed by atoms with Gasteiger partial charge in [0.15, 0.2) is 0 Å². The van der Waals surface area contributed by atoms with E-state index in [1.807, 2.05) is 6.07 Å². The number of rotatable bonds is 6. The Morgan fingerprint density at radius 1 is 1.37 bits per heavy atom. The molecule has 4 heteroatoms. The summed E-state index contributed by atoms with van der Waals surface area (Å²) in [6, 6.07) is 9.28. The molecule has 0 radical (unpaired) electrons. The van der Waals surface area contributed by atoms with Gasteiger partial charge in [0.25, 0.3) is 0 Å². The van der Waals surface area contributed by atoms with E-state index in [0.717, 1.165) is 12.8 Å². The standard InChI is InChI=1S/C15H17ClFNS/c1-2-4-14(15-5-3-8-19-15)18-10-11-6-7-12(16)9-13(11)17/h3,5-9,14,18H,2,4,10H2,1H3. The molecule has 2 aromatic rings. The van der Waals surface area contributed by atoms with Gasteiger partial charge in [-0.05, 0) is 30.0 Å². The molecule has 1 atom stereocenters. The summed E-state index contributed by atoms with van der Waals surface area (Å²) in [6.07, 6.45) is 2.15. The number of hydrogen-bond acceptors (Lipinski definition) is 2. The average Bonchev–Trinajstić information content (AvgIpc) is 2.90. The lowest BCUT2D eigenvalue weighted by molar-refractivity contribution is 0.489. The number of thiophene rings is 1. The third-order valence-corrected chi connectivity index (χ3v) is 4.24. The van der Waals surface area contributed by atoms with Crippen LogP contribution in [0.25, 0.3) is 0 Å². The van der Waals surface area contributed by atoms with Gasteiger partial charge in [-0.25, -0.2) is 4.39 Å². The summed E-state index contributed by atoms with van der Waals surface area (Å²) in [6.45, 7) is 2.68. The predicted octanol–water partition coefficient (Wildman–Crippen LogP) is 5.17. The zero-order valence-corrected chi connectivity index (χ0v) is 12.4. The van der Waals surface area contributed by atoms with Gasteiger partial charge in [-0.3, -0.25) is 0 Å². The fourth-order valence-corrected chi connectivity index (χ4v) is 3.02. The lowest BCUT2D eigenvalue weighted by Gasteiger charge is -2.17. The van der Waals surface area contributed by atoms with E-state index in [4.69, 9.17) is 11.6 Å². The first kappa shape index (κ1) is 14.5. The zero-order valence-electron chi connectivity index (χ0n) is 10.8. The van der Waals surface area contributed by atoms with E-state index in [1.165, 1.54) is 10.9 Å². The van der Waals surface area contributed by atoms with E-state index in [9.17, 15) is 4.39 Å². The van der Waals surface area contributed by atoms with Crippen LogP contribution in [0.15, 0.2) is 35.7 Å². The number of benzene rings is 1. The van der Waals surface area contributed by atoms with E-state index in [0.29, 0.717) is 23.2 Å². The highest BCUT2D eigenvalue weighted by Gasteiger charge is 2.12. The molecule has 0 saturated carbocycles. The van der Waals surface area contributed by atoms with E-state index in [-0.39, 0.29) is 5.82 Å². The maximum absolute atomic E-state index is 13.7. The SMILES string of the molecule is CCCC(NCc1ccc(Cl)cc1F)c1cccs1. The maximum Gasteiger partial charge on any atom is 0.129 e. The van der Waals surface area contributed by atoms with E-state index >= 15 is 0 Å². The molecule has 102 valence electrons. The first-order valence-electron chi connectivity index (χ1n) is 6.41. The van der Waals surface area contributed by atoms with Crippen molar-refractivity contribution in [3.63, 3.8) is 0 Å². The van der Waals surface area contributed by atoms with Crippen molar-refractivity contribution in [1.29, 1.82) is 0 Å². The first-order valence-corrected chi connectivity index (χ1v) is 7.67. The second-order valence-corrected chi connectivity index (χ2v) is 5.89. The van der Waals surface area contributed by atoms with Gasteiger partial charge in [-0.1, -0.05) is 37.1 Å². The summed E-state index contributed by atoms with van der Waals surface area (Å²) >= 11 is 7.49. The molecule has 1 nitrogen and oxygen atoms in total. The van der Waals surface area contributed by atoms with Crippen molar-refractivity contribution in [3.05, 3.63) is 57.0 Å². The van der Waals surface area contributed by atoms with Crippen molar-refractivity contribution < 1.29 is 4.39 Å². The van der Waals surface area contributed by atoms with Crippen LogP contribution in [0.1, 0.15) is 36.2 Å². The minimum Gasteiger partial charge on any atom is -0.305 e. The molecule has 0 aliphatic rings. The molecule has 0 bridgehead atoms. The van der Waals surface area contributed by atoms with Crippen molar-refractivity contribution in [2.75, 3.05) is 0 Å². The fourth-order valence-electron chi connectivity index (χ4n) is 2.02. The summed E-state index contributed by atoms with van der Waals surface area (Å²) in [5.41, 5.74) is 0.655. The van der Waals surface area contributed by atoms with Gasteiger partial charge in [0.2, 0.25) is 0 Å². The molecule has 0 aliphatic carbocycles. The highest BCUT2D eigenvalue weighted by molar-refractivity contribution is 7.10. The second kappa shape index (κ2) is 7.04. The molecule has 1 unspecified atom stereocenters. The van der Waals surface area contributed by atoms with Crippen molar-refractivity contribution in [2.45, 2.75) is 32.4 Å². The second-order valence-electron chi connectivity index (χ2n) is 4.47. The molecule has 1 aromatic heterocycles. The van der Waals surface area contributed by atoms with Crippen molar-refractivity contribution in [2.24, 2.45) is 0 Å². The monoisotopic (exact) mass is 297 g/mol. The molecule has 0 amide bonds. The van der Waals surface area contributed by atoms with E-state index < -0.39 is 0 Å². The highest BCUT2D eigenvalue weighted by Crippen LogP contribution is 2.24. The quantitative estimate of drug-likeness (QED) is 0.775. The Labute approximate surface area is 122 Å². The van der Waals surface area contributed by atoms with Gasteiger partial charge >= 0.3 is 0 Å². The summed E-state index contributed by atoms with van der Waals surface area (Å²) in [7, 11) is 0. The molecular weight excluding hydrogens is 281 g/mol.